The zero-order chi connectivity index (χ0) is 20.2. The molecule has 2 amide bonds. The first-order valence-electron chi connectivity index (χ1n) is 10.4. The minimum atomic E-state index is -0.0850. The Morgan fingerprint density at radius 2 is 2.03 bits per heavy atom. The second-order valence-electron chi connectivity index (χ2n) is 7.92. The Balaban J connectivity index is 1.37. The second-order valence-corrected chi connectivity index (χ2v) is 7.92. The van der Waals surface area contributed by atoms with Crippen molar-refractivity contribution in [2.45, 2.75) is 38.6 Å². The number of nitrogens with zero attached hydrogens (tertiary/aromatic N) is 4. The number of piperidine rings is 1. The smallest absolute Gasteiger partial charge is 0.276 e. The molecule has 2 unspecified atom stereocenters. The number of rotatable bonds is 5. The molecule has 0 spiro atoms. The van der Waals surface area contributed by atoms with E-state index >= 15 is 0 Å². The molecular formula is C21H28N6O2. The van der Waals surface area contributed by atoms with Gasteiger partial charge in [0.1, 0.15) is 0 Å². The van der Waals surface area contributed by atoms with Gasteiger partial charge >= 0.3 is 0 Å². The normalized spacial score (nSPS) is 21.9. The van der Waals surface area contributed by atoms with E-state index in [1.807, 2.05) is 42.2 Å². The quantitative estimate of drug-likeness (QED) is 0.795. The summed E-state index contributed by atoms with van der Waals surface area (Å²) in [4.78, 5) is 27.2. The van der Waals surface area contributed by atoms with Crippen molar-refractivity contribution in [2.24, 2.45) is 5.92 Å². The Kier molecular flexibility index (Phi) is 5.89. The van der Waals surface area contributed by atoms with Crippen LogP contribution in [-0.2, 0) is 4.79 Å². The van der Waals surface area contributed by atoms with Gasteiger partial charge in [-0.2, -0.15) is 0 Å². The number of para-hydroxylation sites is 1. The molecule has 8 nitrogen and oxygen atoms in total. The van der Waals surface area contributed by atoms with Gasteiger partial charge in [0, 0.05) is 19.6 Å². The molecule has 2 N–H and O–H groups in total. The van der Waals surface area contributed by atoms with Gasteiger partial charge in [-0.3, -0.25) is 9.59 Å². The second kappa shape index (κ2) is 8.73. The lowest BCUT2D eigenvalue weighted by Gasteiger charge is -2.32. The fourth-order valence-corrected chi connectivity index (χ4v) is 4.18. The van der Waals surface area contributed by atoms with Crippen molar-refractivity contribution in [3.05, 3.63) is 41.7 Å². The minimum absolute atomic E-state index is 0.0630. The summed E-state index contributed by atoms with van der Waals surface area (Å²) in [5, 5.41) is 14.6. The molecule has 2 aliphatic heterocycles. The van der Waals surface area contributed by atoms with Gasteiger partial charge in [0.2, 0.25) is 5.91 Å². The van der Waals surface area contributed by atoms with Crippen LogP contribution >= 0.6 is 0 Å². The number of carbonyl (C=O) groups is 2. The highest BCUT2D eigenvalue weighted by atomic mass is 16.2. The van der Waals surface area contributed by atoms with Crippen molar-refractivity contribution >= 4 is 11.8 Å². The van der Waals surface area contributed by atoms with Gasteiger partial charge in [-0.15, -0.1) is 5.10 Å². The molecule has 2 aromatic rings. The molecule has 154 valence electrons. The van der Waals surface area contributed by atoms with Gasteiger partial charge in [0.15, 0.2) is 5.69 Å². The van der Waals surface area contributed by atoms with E-state index in [9.17, 15) is 9.59 Å². The third-order valence-electron chi connectivity index (χ3n) is 5.85. The molecule has 2 fully saturated rings. The number of hydrogen-bond donors (Lipinski definition) is 2. The molecule has 1 aromatic carbocycles. The van der Waals surface area contributed by atoms with Gasteiger partial charge in [-0.1, -0.05) is 23.4 Å². The topological polar surface area (TPSA) is 92.2 Å². The summed E-state index contributed by atoms with van der Waals surface area (Å²) < 4.78 is 1.70. The Morgan fingerprint density at radius 3 is 2.79 bits per heavy atom. The Labute approximate surface area is 170 Å². The maximum Gasteiger partial charge on any atom is 0.276 e. The van der Waals surface area contributed by atoms with Crippen LogP contribution in [0.2, 0.25) is 0 Å². The van der Waals surface area contributed by atoms with Crippen molar-refractivity contribution in [1.29, 1.82) is 0 Å². The van der Waals surface area contributed by atoms with E-state index < -0.39 is 0 Å². The van der Waals surface area contributed by atoms with Crippen molar-refractivity contribution in [3.63, 3.8) is 0 Å². The third kappa shape index (κ3) is 4.32. The molecule has 2 atom stereocenters. The highest BCUT2D eigenvalue weighted by Gasteiger charge is 2.29. The van der Waals surface area contributed by atoms with Gasteiger partial charge in [-0.25, -0.2) is 4.68 Å². The lowest BCUT2D eigenvalue weighted by molar-refractivity contribution is -0.123. The van der Waals surface area contributed by atoms with Crippen molar-refractivity contribution in [2.75, 3.05) is 26.2 Å². The van der Waals surface area contributed by atoms with E-state index in [4.69, 9.17) is 0 Å². The summed E-state index contributed by atoms with van der Waals surface area (Å²) in [7, 11) is 0. The lowest BCUT2D eigenvalue weighted by Crippen LogP contribution is -2.46. The molecular weight excluding hydrogens is 368 g/mol. The van der Waals surface area contributed by atoms with Crippen molar-refractivity contribution < 1.29 is 9.59 Å². The SMILES string of the molecule is Cc1c(C(=O)N2CCCC(CNC(=O)C3CCCN3)C2)nnn1-c1ccccc1. The van der Waals surface area contributed by atoms with Crippen molar-refractivity contribution in [1.82, 2.24) is 30.5 Å². The average molecular weight is 396 g/mol. The first-order chi connectivity index (χ1) is 14.1. The minimum Gasteiger partial charge on any atom is -0.354 e. The van der Waals surface area contributed by atoms with Crippen LogP contribution in [0.25, 0.3) is 5.69 Å². The number of carbonyl (C=O) groups excluding carboxylic acids is 2. The average Bonchev–Trinajstić information content (AvgIpc) is 3.42. The molecule has 0 radical (unpaired) electrons. The maximum atomic E-state index is 13.1. The van der Waals surface area contributed by atoms with Crippen LogP contribution in [0.1, 0.15) is 41.9 Å². The largest absolute Gasteiger partial charge is 0.354 e. The number of amides is 2. The maximum absolute atomic E-state index is 13.1. The van der Waals surface area contributed by atoms with Gasteiger partial charge in [-0.05, 0) is 57.2 Å². The third-order valence-corrected chi connectivity index (χ3v) is 5.85. The molecule has 0 saturated carbocycles. The lowest BCUT2D eigenvalue weighted by atomic mass is 9.97. The molecule has 29 heavy (non-hydrogen) atoms. The molecule has 2 aliphatic rings. The zero-order valence-corrected chi connectivity index (χ0v) is 16.8. The summed E-state index contributed by atoms with van der Waals surface area (Å²) in [6.45, 7) is 4.74. The van der Waals surface area contributed by atoms with E-state index in [1.165, 1.54) is 0 Å². The van der Waals surface area contributed by atoms with E-state index in [0.717, 1.165) is 43.6 Å². The van der Waals surface area contributed by atoms with E-state index in [-0.39, 0.29) is 23.8 Å². The van der Waals surface area contributed by atoms with Crippen LogP contribution in [0.15, 0.2) is 30.3 Å². The fourth-order valence-electron chi connectivity index (χ4n) is 4.18. The Morgan fingerprint density at radius 1 is 1.21 bits per heavy atom. The van der Waals surface area contributed by atoms with Crippen LogP contribution in [0, 0.1) is 12.8 Å². The monoisotopic (exact) mass is 396 g/mol. The van der Waals surface area contributed by atoms with Gasteiger partial charge in [0.05, 0.1) is 17.4 Å². The number of aromatic nitrogens is 3. The number of benzene rings is 1. The van der Waals surface area contributed by atoms with Crippen molar-refractivity contribution in [3.8, 4) is 5.69 Å². The molecule has 2 saturated heterocycles. The first-order valence-corrected chi connectivity index (χ1v) is 10.4. The summed E-state index contributed by atoms with van der Waals surface area (Å²) in [5.74, 6) is 0.258. The van der Waals surface area contributed by atoms with E-state index in [0.29, 0.717) is 25.3 Å². The van der Waals surface area contributed by atoms with Crippen LogP contribution in [0.5, 0.6) is 0 Å². The summed E-state index contributed by atoms with van der Waals surface area (Å²) in [6, 6.07) is 9.62. The van der Waals surface area contributed by atoms with Gasteiger partial charge < -0.3 is 15.5 Å². The fraction of sp³-hybridized carbons (Fsp3) is 0.524. The molecule has 4 rings (SSSR count). The predicted octanol–water partition coefficient (Wildman–Crippen LogP) is 1.30. The predicted molar refractivity (Wildman–Crippen MR) is 109 cm³/mol. The molecule has 0 aliphatic carbocycles. The van der Waals surface area contributed by atoms with Crippen LogP contribution in [0.3, 0.4) is 0 Å². The van der Waals surface area contributed by atoms with E-state index in [1.54, 1.807) is 4.68 Å². The molecule has 3 heterocycles. The number of likely N-dealkylation sites (tertiary alicyclic amines) is 1. The summed E-state index contributed by atoms with van der Waals surface area (Å²) in [5.41, 5.74) is 2.02. The molecule has 0 bridgehead atoms. The van der Waals surface area contributed by atoms with Gasteiger partial charge in [0.25, 0.3) is 5.91 Å². The van der Waals surface area contributed by atoms with Crippen LogP contribution in [-0.4, -0.2) is 63.9 Å². The summed E-state index contributed by atoms with van der Waals surface area (Å²) in [6.07, 6.45) is 3.89. The van der Waals surface area contributed by atoms with E-state index in [2.05, 4.69) is 20.9 Å². The highest BCUT2D eigenvalue weighted by molar-refractivity contribution is 5.93. The first kappa shape index (κ1) is 19.6. The van der Waals surface area contributed by atoms with Crippen LogP contribution < -0.4 is 10.6 Å². The highest BCUT2D eigenvalue weighted by Crippen LogP contribution is 2.20. The van der Waals surface area contributed by atoms with Crippen LogP contribution in [0.4, 0.5) is 0 Å². The zero-order valence-electron chi connectivity index (χ0n) is 16.8. The number of nitrogens with one attached hydrogen (secondary N) is 2. The standard InChI is InChI=1S/C21H28N6O2/c1-15-19(24-25-27(15)17-8-3-2-4-9-17)21(29)26-12-6-7-16(14-26)13-23-20(28)18-10-5-11-22-18/h2-4,8-9,16,18,22H,5-7,10-14H2,1H3,(H,23,28). The Bertz CT molecular complexity index is 859. The Hall–Kier alpha value is -2.74. The number of hydrogen-bond acceptors (Lipinski definition) is 5. The molecule has 1 aromatic heterocycles. The molecule has 8 heteroatoms. The summed E-state index contributed by atoms with van der Waals surface area (Å²) >= 11 is 0.